The molecule has 0 atom stereocenters. The van der Waals surface area contributed by atoms with E-state index in [0.29, 0.717) is 12.1 Å². The SMILES string of the molecule is CCCc1nc(CN)ccc1C(=O)OC. The minimum atomic E-state index is -0.338. The number of aryl methyl sites for hydroxylation is 1. The molecule has 0 saturated heterocycles. The number of hydrogen-bond donors (Lipinski definition) is 1. The summed E-state index contributed by atoms with van der Waals surface area (Å²) in [6.45, 7) is 2.43. The molecule has 0 radical (unpaired) electrons. The Morgan fingerprint density at radius 3 is 2.80 bits per heavy atom. The van der Waals surface area contributed by atoms with Crippen LogP contribution in [0, 0.1) is 0 Å². The van der Waals surface area contributed by atoms with Crippen LogP contribution in [0.1, 0.15) is 35.1 Å². The number of carbonyl (C=O) groups is 1. The number of aromatic nitrogens is 1. The van der Waals surface area contributed by atoms with E-state index in [0.717, 1.165) is 24.2 Å². The minimum Gasteiger partial charge on any atom is -0.465 e. The molecule has 0 spiro atoms. The molecule has 15 heavy (non-hydrogen) atoms. The van der Waals surface area contributed by atoms with E-state index >= 15 is 0 Å². The number of methoxy groups -OCH3 is 1. The van der Waals surface area contributed by atoms with E-state index in [1.807, 2.05) is 6.92 Å². The van der Waals surface area contributed by atoms with E-state index in [4.69, 9.17) is 5.73 Å². The van der Waals surface area contributed by atoms with Crippen molar-refractivity contribution < 1.29 is 9.53 Å². The first kappa shape index (κ1) is 11.7. The number of carbonyl (C=O) groups excluding carboxylic acids is 1. The van der Waals surface area contributed by atoms with Crippen LogP contribution in [0.3, 0.4) is 0 Å². The number of esters is 1. The summed E-state index contributed by atoms with van der Waals surface area (Å²) in [5, 5.41) is 0. The first-order valence-electron chi connectivity index (χ1n) is 5.00. The van der Waals surface area contributed by atoms with Gasteiger partial charge in [0.05, 0.1) is 24.1 Å². The topological polar surface area (TPSA) is 65.2 Å². The molecular formula is C11H16N2O2. The highest BCUT2D eigenvalue weighted by molar-refractivity contribution is 5.90. The van der Waals surface area contributed by atoms with Crippen LogP contribution >= 0.6 is 0 Å². The third-order valence-corrected chi connectivity index (χ3v) is 2.13. The summed E-state index contributed by atoms with van der Waals surface area (Å²) in [6, 6.07) is 3.48. The second-order valence-electron chi connectivity index (χ2n) is 3.24. The number of nitrogens with two attached hydrogens (primary N) is 1. The van der Waals surface area contributed by atoms with Gasteiger partial charge in [0.2, 0.25) is 0 Å². The summed E-state index contributed by atoms with van der Waals surface area (Å²) in [5.41, 5.74) is 7.60. The summed E-state index contributed by atoms with van der Waals surface area (Å²) in [4.78, 5) is 15.7. The Balaban J connectivity index is 3.08. The van der Waals surface area contributed by atoms with Crippen LogP contribution in [-0.2, 0) is 17.7 Å². The third kappa shape index (κ3) is 2.76. The first-order valence-corrected chi connectivity index (χ1v) is 5.00. The molecule has 0 fully saturated rings. The number of ether oxygens (including phenoxy) is 1. The summed E-state index contributed by atoms with van der Waals surface area (Å²) >= 11 is 0. The second kappa shape index (κ2) is 5.46. The fraction of sp³-hybridized carbons (Fsp3) is 0.455. The molecule has 1 aromatic rings. The molecule has 0 amide bonds. The Morgan fingerprint density at radius 1 is 1.53 bits per heavy atom. The van der Waals surface area contributed by atoms with Gasteiger partial charge in [0, 0.05) is 6.54 Å². The molecule has 0 unspecified atom stereocenters. The van der Waals surface area contributed by atoms with Crippen LogP contribution in [0.25, 0.3) is 0 Å². The average molecular weight is 208 g/mol. The lowest BCUT2D eigenvalue weighted by Gasteiger charge is -2.07. The van der Waals surface area contributed by atoms with Crippen LogP contribution in [0.5, 0.6) is 0 Å². The Morgan fingerprint density at radius 2 is 2.27 bits per heavy atom. The number of rotatable bonds is 4. The van der Waals surface area contributed by atoms with Crippen molar-refractivity contribution in [1.29, 1.82) is 0 Å². The smallest absolute Gasteiger partial charge is 0.339 e. The van der Waals surface area contributed by atoms with Gasteiger partial charge in [-0.3, -0.25) is 4.98 Å². The maximum absolute atomic E-state index is 11.4. The summed E-state index contributed by atoms with van der Waals surface area (Å²) < 4.78 is 4.69. The van der Waals surface area contributed by atoms with E-state index in [1.54, 1.807) is 12.1 Å². The number of hydrogen-bond acceptors (Lipinski definition) is 4. The van der Waals surface area contributed by atoms with Crippen molar-refractivity contribution in [3.8, 4) is 0 Å². The zero-order valence-corrected chi connectivity index (χ0v) is 9.12. The lowest BCUT2D eigenvalue weighted by atomic mass is 10.1. The molecule has 0 aliphatic heterocycles. The van der Waals surface area contributed by atoms with Crippen molar-refractivity contribution in [2.24, 2.45) is 5.73 Å². The summed E-state index contributed by atoms with van der Waals surface area (Å²) in [7, 11) is 1.37. The quantitative estimate of drug-likeness (QED) is 0.757. The summed E-state index contributed by atoms with van der Waals surface area (Å²) in [5.74, 6) is -0.338. The number of pyridine rings is 1. The minimum absolute atomic E-state index is 0.338. The lowest BCUT2D eigenvalue weighted by molar-refractivity contribution is 0.0599. The molecule has 1 heterocycles. The zero-order chi connectivity index (χ0) is 11.3. The fourth-order valence-corrected chi connectivity index (χ4v) is 1.38. The number of nitrogens with zero attached hydrogens (tertiary/aromatic N) is 1. The van der Waals surface area contributed by atoms with E-state index in [9.17, 15) is 4.79 Å². The van der Waals surface area contributed by atoms with Gasteiger partial charge in [-0.25, -0.2) is 4.79 Å². The van der Waals surface area contributed by atoms with E-state index in [1.165, 1.54) is 7.11 Å². The Labute approximate surface area is 89.5 Å². The van der Waals surface area contributed by atoms with Crippen molar-refractivity contribution in [3.05, 3.63) is 29.1 Å². The van der Waals surface area contributed by atoms with Gasteiger partial charge in [-0.1, -0.05) is 13.3 Å². The standard InChI is InChI=1S/C11H16N2O2/c1-3-4-10-9(11(14)15-2)6-5-8(7-12)13-10/h5-6H,3-4,7,12H2,1-2H3. The molecular weight excluding hydrogens is 192 g/mol. The van der Waals surface area contributed by atoms with Crippen LogP contribution in [-0.4, -0.2) is 18.1 Å². The van der Waals surface area contributed by atoms with Gasteiger partial charge < -0.3 is 10.5 Å². The van der Waals surface area contributed by atoms with Gasteiger partial charge >= 0.3 is 5.97 Å². The molecule has 2 N–H and O–H groups in total. The van der Waals surface area contributed by atoms with Crippen molar-refractivity contribution in [2.45, 2.75) is 26.3 Å². The molecule has 0 aliphatic carbocycles. The summed E-state index contributed by atoms with van der Waals surface area (Å²) in [6.07, 6.45) is 1.70. The van der Waals surface area contributed by atoms with Crippen LogP contribution in [0.2, 0.25) is 0 Å². The maximum Gasteiger partial charge on any atom is 0.339 e. The van der Waals surface area contributed by atoms with Crippen molar-refractivity contribution in [1.82, 2.24) is 4.98 Å². The van der Waals surface area contributed by atoms with Crippen molar-refractivity contribution in [2.75, 3.05) is 7.11 Å². The first-order chi connectivity index (χ1) is 7.22. The van der Waals surface area contributed by atoms with E-state index in [-0.39, 0.29) is 5.97 Å². The van der Waals surface area contributed by atoms with Gasteiger partial charge in [-0.05, 0) is 18.6 Å². The highest BCUT2D eigenvalue weighted by Crippen LogP contribution is 2.11. The van der Waals surface area contributed by atoms with Crippen molar-refractivity contribution >= 4 is 5.97 Å². The van der Waals surface area contributed by atoms with Crippen molar-refractivity contribution in [3.63, 3.8) is 0 Å². The molecule has 4 nitrogen and oxygen atoms in total. The maximum atomic E-state index is 11.4. The molecule has 0 aliphatic rings. The van der Waals surface area contributed by atoms with Crippen LogP contribution < -0.4 is 5.73 Å². The molecule has 82 valence electrons. The second-order valence-corrected chi connectivity index (χ2v) is 3.24. The average Bonchev–Trinajstić information content (AvgIpc) is 2.28. The lowest BCUT2D eigenvalue weighted by Crippen LogP contribution is -2.10. The molecule has 1 rings (SSSR count). The monoisotopic (exact) mass is 208 g/mol. The molecule has 0 aromatic carbocycles. The third-order valence-electron chi connectivity index (χ3n) is 2.13. The normalized spacial score (nSPS) is 10.1. The van der Waals surface area contributed by atoms with Gasteiger partial charge in [0.25, 0.3) is 0 Å². The zero-order valence-electron chi connectivity index (χ0n) is 9.12. The molecule has 1 aromatic heterocycles. The molecule has 4 heteroatoms. The van der Waals surface area contributed by atoms with Gasteiger partial charge in [0.15, 0.2) is 0 Å². The van der Waals surface area contributed by atoms with E-state index in [2.05, 4.69) is 9.72 Å². The Kier molecular flexibility index (Phi) is 4.24. The van der Waals surface area contributed by atoms with Crippen LogP contribution in [0.4, 0.5) is 0 Å². The fourth-order valence-electron chi connectivity index (χ4n) is 1.38. The predicted octanol–water partition coefficient (Wildman–Crippen LogP) is 1.28. The Hall–Kier alpha value is -1.42. The largest absolute Gasteiger partial charge is 0.465 e. The van der Waals surface area contributed by atoms with Gasteiger partial charge in [0.1, 0.15) is 0 Å². The highest BCUT2D eigenvalue weighted by Gasteiger charge is 2.12. The van der Waals surface area contributed by atoms with E-state index < -0.39 is 0 Å². The van der Waals surface area contributed by atoms with Crippen LogP contribution in [0.15, 0.2) is 12.1 Å². The highest BCUT2D eigenvalue weighted by atomic mass is 16.5. The van der Waals surface area contributed by atoms with Gasteiger partial charge in [-0.2, -0.15) is 0 Å². The van der Waals surface area contributed by atoms with Gasteiger partial charge in [-0.15, -0.1) is 0 Å². The molecule has 0 saturated carbocycles. The predicted molar refractivity (Wildman–Crippen MR) is 57.5 cm³/mol. The molecule has 0 bridgehead atoms. The Bertz CT molecular complexity index is 350.